The molecule has 2 aromatic heterocycles. The minimum atomic E-state index is -0.457. The SMILES string of the molecule is COc1ccc(NC(=O)Cn2cc(C(=O)c3ccncc3)c(=O)c3ccc(OC)cc32)c(OC)c1. The van der Waals surface area contributed by atoms with Crippen molar-refractivity contribution in [3.8, 4) is 17.2 Å². The van der Waals surface area contributed by atoms with Crippen LogP contribution < -0.4 is 25.0 Å². The van der Waals surface area contributed by atoms with E-state index in [-0.39, 0.29) is 18.0 Å². The van der Waals surface area contributed by atoms with Gasteiger partial charge in [-0.1, -0.05) is 0 Å². The number of fused-ring (bicyclic) bond motifs is 1. The van der Waals surface area contributed by atoms with Gasteiger partial charge in [0.15, 0.2) is 5.78 Å². The second kappa shape index (κ2) is 10.1. The average molecular weight is 473 g/mol. The quantitative estimate of drug-likeness (QED) is 0.391. The topological polar surface area (TPSA) is 109 Å². The molecule has 9 heteroatoms. The number of pyridine rings is 2. The van der Waals surface area contributed by atoms with E-state index in [4.69, 9.17) is 14.2 Å². The van der Waals surface area contributed by atoms with Gasteiger partial charge in [-0.05, 0) is 36.4 Å². The highest BCUT2D eigenvalue weighted by molar-refractivity contribution is 6.10. The van der Waals surface area contributed by atoms with E-state index < -0.39 is 11.2 Å². The van der Waals surface area contributed by atoms with E-state index in [2.05, 4.69) is 10.3 Å². The minimum absolute atomic E-state index is 0.0521. The summed E-state index contributed by atoms with van der Waals surface area (Å²) in [5.41, 5.74) is 0.748. The van der Waals surface area contributed by atoms with E-state index in [1.807, 2.05) is 0 Å². The molecular weight excluding hydrogens is 450 g/mol. The molecule has 0 aliphatic heterocycles. The third kappa shape index (κ3) is 4.84. The normalized spacial score (nSPS) is 10.6. The number of anilines is 1. The van der Waals surface area contributed by atoms with Crippen LogP contribution >= 0.6 is 0 Å². The van der Waals surface area contributed by atoms with Gasteiger partial charge in [0, 0.05) is 41.7 Å². The van der Waals surface area contributed by atoms with Crippen LogP contribution in [0.3, 0.4) is 0 Å². The van der Waals surface area contributed by atoms with Gasteiger partial charge in [-0.2, -0.15) is 0 Å². The van der Waals surface area contributed by atoms with Gasteiger partial charge in [0.25, 0.3) is 0 Å². The number of rotatable bonds is 8. The van der Waals surface area contributed by atoms with Crippen molar-refractivity contribution >= 4 is 28.3 Å². The highest BCUT2D eigenvalue weighted by Gasteiger charge is 2.19. The van der Waals surface area contributed by atoms with Gasteiger partial charge >= 0.3 is 0 Å². The largest absolute Gasteiger partial charge is 0.497 e. The lowest BCUT2D eigenvalue weighted by Gasteiger charge is -2.15. The van der Waals surface area contributed by atoms with Crippen molar-refractivity contribution in [3.63, 3.8) is 0 Å². The van der Waals surface area contributed by atoms with Crippen LogP contribution in [0, 0.1) is 0 Å². The number of hydrogen-bond acceptors (Lipinski definition) is 7. The standard InChI is InChI=1S/C26H23N3O6/c1-33-17-4-6-19-22(12-17)29(14-20(26(19)32)25(31)16-8-10-27-11-9-16)15-24(30)28-21-7-5-18(34-2)13-23(21)35-3/h4-14H,15H2,1-3H3,(H,28,30). The van der Waals surface area contributed by atoms with Crippen molar-refractivity contribution in [1.82, 2.24) is 9.55 Å². The average Bonchev–Trinajstić information content (AvgIpc) is 2.90. The Kier molecular flexibility index (Phi) is 6.77. The molecule has 178 valence electrons. The number of nitrogens with zero attached hydrogens (tertiary/aromatic N) is 2. The third-order valence-corrected chi connectivity index (χ3v) is 5.47. The Hall–Kier alpha value is -4.66. The number of ether oxygens (including phenoxy) is 3. The Bertz CT molecular complexity index is 1460. The van der Waals surface area contributed by atoms with Crippen LogP contribution in [0.1, 0.15) is 15.9 Å². The van der Waals surface area contributed by atoms with Crippen molar-refractivity contribution in [2.24, 2.45) is 0 Å². The highest BCUT2D eigenvalue weighted by Crippen LogP contribution is 2.29. The van der Waals surface area contributed by atoms with Crippen LogP contribution in [0.15, 0.2) is 71.9 Å². The van der Waals surface area contributed by atoms with E-state index in [0.717, 1.165) is 0 Å². The first-order chi connectivity index (χ1) is 16.9. The van der Waals surface area contributed by atoms with Crippen molar-refractivity contribution in [2.45, 2.75) is 6.54 Å². The minimum Gasteiger partial charge on any atom is -0.497 e. The summed E-state index contributed by atoms with van der Waals surface area (Å²) in [4.78, 5) is 43.2. The number of nitrogens with one attached hydrogen (secondary N) is 1. The number of amides is 1. The molecule has 4 rings (SSSR count). The van der Waals surface area contributed by atoms with E-state index in [0.29, 0.717) is 39.4 Å². The van der Waals surface area contributed by atoms with E-state index in [1.54, 1.807) is 41.0 Å². The molecule has 0 saturated heterocycles. The van der Waals surface area contributed by atoms with Crippen molar-refractivity contribution < 1.29 is 23.8 Å². The molecule has 0 spiro atoms. The molecule has 1 amide bonds. The molecule has 0 saturated carbocycles. The van der Waals surface area contributed by atoms with Crippen LogP contribution in [-0.2, 0) is 11.3 Å². The number of aromatic nitrogens is 2. The summed E-state index contributed by atoms with van der Waals surface area (Å²) in [5, 5.41) is 3.10. The number of benzene rings is 2. The number of carbonyl (C=O) groups is 2. The van der Waals surface area contributed by atoms with Gasteiger partial charge in [0.2, 0.25) is 11.3 Å². The number of methoxy groups -OCH3 is 3. The molecule has 4 aromatic rings. The van der Waals surface area contributed by atoms with Gasteiger partial charge in [-0.15, -0.1) is 0 Å². The van der Waals surface area contributed by atoms with Crippen molar-refractivity contribution in [1.29, 1.82) is 0 Å². The van der Waals surface area contributed by atoms with Crippen molar-refractivity contribution in [3.05, 3.63) is 88.5 Å². The van der Waals surface area contributed by atoms with Crippen LogP contribution in [0.4, 0.5) is 5.69 Å². The Balaban J connectivity index is 1.75. The fraction of sp³-hybridized carbons (Fsp3) is 0.154. The zero-order valence-corrected chi connectivity index (χ0v) is 19.4. The molecule has 0 bridgehead atoms. The summed E-state index contributed by atoms with van der Waals surface area (Å²) in [6, 6.07) is 13.0. The number of carbonyl (C=O) groups excluding carboxylic acids is 2. The molecule has 0 radical (unpaired) electrons. The lowest BCUT2D eigenvalue weighted by atomic mass is 10.0. The maximum atomic E-state index is 13.2. The summed E-state index contributed by atoms with van der Waals surface area (Å²) >= 11 is 0. The van der Waals surface area contributed by atoms with Crippen LogP contribution in [0.25, 0.3) is 10.9 Å². The summed E-state index contributed by atoms with van der Waals surface area (Å²) < 4.78 is 17.4. The smallest absolute Gasteiger partial charge is 0.244 e. The molecule has 2 heterocycles. The lowest BCUT2D eigenvalue weighted by molar-refractivity contribution is -0.116. The van der Waals surface area contributed by atoms with Crippen LogP contribution in [0.2, 0.25) is 0 Å². The van der Waals surface area contributed by atoms with E-state index >= 15 is 0 Å². The van der Waals surface area contributed by atoms with Crippen molar-refractivity contribution in [2.75, 3.05) is 26.6 Å². The molecular formula is C26H23N3O6. The molecule has 0 fully saturated rings. The first-order valence-corrected chi connectivity index (χ1v) is 10.6. The molecule has 0 unspecified atom stereocenters. The summed E-state index contributed by atoms with van der Waals surface area (Å²) in [6.45, 7) is -0.171. The fourth-order valence-corrected chi connectivity index (χ4v) is 3.69. The van der Waals surface area contributed by atoms with Gasteiger partial charge in [0.1, 0.15) is 23.8 Å². The maximum absolute atomic E-state index is 13.2. The highest BCUT2D eigenvalue weighted by atomic mass is 16.5. The first kappa shape index (κ1) is 23.5. The van der Waals surface area contributed by atoms with E-state index in [1.165, 1.54) is 52.1 Å². The molecule has 0 atom stereocenters. The second-order valence-electron chi connectivity index (χ2n) is 7.56. The lowest BCUT2D eigenvalue weighted by Crippen LogP contribution is -2.24. The van der Waals surface area contributed by atoms with Gasteiger partial charge in [-0.3, -0.25) is 19.4 Å². The molecule has 9 nitrogen and oxygen atoms in total. The molecule has 35 heavy (non-hydrogen) atoms. The van der Waals surface area contributed by atoms with Crippen LogP contribution in [-0.4, -0.2) is 42.6 Å². The molecule has 0 aliphatic carbocycles. The second-order valence-corrected chi connectivity index (χ2v) is 7.56. The summed E-state index contributed by atoms with van der Waals surface area (Å²) in [5.74, 6) is 0.677. The Labute approximate surface area is 200 Å². The molecule has 1 N–H and O–H groups in total. The predicted octanol–water partition coefficient (Wildman–Crippen LogP) is 3.29. The Morgan fingerprint density at radius 3 is 2.29 bits per heavy atom. The number of hydrogen-bond donors (Lipinski definition) is 1. The zero-order valence-electron chi connectivity index (χ0n) is 19.4. The number of ketones is 1. The summed E-state index contributed by atoms with van der Waals surface area (Å²) in [6.07, 6.45) is 4.36. The molecule has 0 aliphatic rings. The monoisotopic (exact) mass is 473 g/mol. The maximum Gasteiger partial charge on any atom is 0.244 e. The Morgan fingerprint density at radius 2 is 1.60 bits per heavy atom. The fourth-order valence-electron chi connectivity index (χ4n) is 3.69. The van der Waals surface area contributed by atoms with Gasteiger partial charge in [-0.25, -0.2) is 0 Å². The van der Waals surface area contributed by atoms with E-state index in [9.17, 15) is 14.4 Å². The first-order valence-electron chi connectivity index (χ1n) is 10.6. The zero-order chi connectivity index (χ0) is 24.9. The molecule has 2 aromatic carbocycles. The van der Waals surface area contributed by atoms with Crippen LogP contribution in [0.5, 0.6) is 17.2 Å². The van der Waals surface area contributed by atoms with Gasteiger partial charge < -0.3 is 24.1 Å². The third-order valence-electron chi connectivity index (χ3n) is 5.47. The summed E-state index contributed by atoms with van der Waals surface area (Å²) in [7, 11) is 4.53. The Morgan fingerprint density at radius 1 is 0.914 bits per heavy atom. The predicted molar refractivity (Wildman–Crippen MR) is 131 cm³/mol. The van der Waals surface area contributed by atoms with Gasteiger partial charge in [0.05, 0.1) is 38.1 Å².